The number of carbonyl (C=O) groups excluding carboxylic acids is 1. The number of hydrogen-bond donors (Lipinski definition) is 3. The van der Waals surface area contributed by atoms with Crippen molar-refractivity contribution in [3.63, 3.8) is 0 Å². The van der Waals surface area contributed by atoms with Crippen LogP contribution in [-0.2, 0) is 4.79 Å². The van der Waals surface area contributed by atoms with Crippen LogP contribution in [0.5, 0.6) is 0 Å². The molecule has 3 unspecified atom stereocenters. The first-order valence-corrected chi connectivity index (χ1v) is 5.34. The van der Waals surface area contributed by atoms with Gasteiger partial charge in [-0.1, -0.05) is 0 Å². The van der Waals surface area contributed by atoms with E-state index in [1.165, 1.54) is 6.42 Å². The summed E-state index contributed by atoms with van der Waals surface area (Å²) < 4.78 is 0. The number of hydrogen-bond acceptors (Lipinski definition) is 3. The van der Waals surface area contributed by atoms with Crippen LogP contribution in [0, 0.1) is 0 Å². The zero-order chi connectivity index (χ0) is 10.6. The lowest BCUT2D eigenvalue weighted by Crippen LogP contribution is -2.52. The van der Waals surface area contributed by atoms with Crippen LogP contribution in [0.3, 0.4) is 0 Å². The van der Waals surface area contributed by atoms with Crippen molar-refractivity contribution in [2.45, 2.75) is 44.8 Å². The van der Waals surface area contributed by atoms with Crippen LogP contribution in [0.25, 0.3) is 0 Å². The monoisotopic (exact) mass is 199 g/mol. The maximum Gasteiger partial charge on any atom is 0.236 e. The van der Waals surface area contributed by atoms with Crippen molar-refractivity contribution >= 4 is 5.91 Å². The number of nitrogens with one attached hydrogen (secondary N) is 3. The van der Waals surface area contributed by atoms with Crippen LogP contribution in [0.2, 0.25) is 0 Å². The van der Waals surface area contributed by atoms with E-state index in [0.717, 1.165) is 13.0 Å². The van der Waals surface area contributed by atoms with Gasteiger partial charge in [0.2, 0.25) is 5.91 Å². The number of likely N-dealkylation sites (N-methyl/N-ethyl adjacent to an activating group) is 1. The molecule has 4 heteroatoms. The third kappa shape index (κ3) is 3.27. The van der Waals surface area contributed by atoms with Gasteiger partial charge >= 0.3 is 0 Å². The van der Waals surface area contributed by atoms with Gasteiger partial charge in [-0.05, 0) is 26.7 Å². The zero-order valence-electron chi connectivity index (χ0n) is 9.26. The van der Waals surface area contributed by atoms with Gasteiger partial charge in [-0.2, -0.15) is 0 Å². The minimum absolute atomic E-state index is 0.0589. The van der Waals surface area contributed by atoms with Gasteiger partial charge in [0.05, 0.1) is 6.04 Å². The van der Waals surface area contributed by atoms with E-state index in [-0.39, 0.29) is 11.9 Å². The second-order valence-corrected chi connectivity index (χ2v) is 4.09. The molecule has 0 aliphatic carbocycles. The Hall–Kier alpha value is -0.610. The highest BCUT2D eigenvalue weighted by Gasteiger charge is 2.20. The van der Waals surface area contributed by atoms with E-state index < -0.39 is 0 Å². The van der Waals surface area contributed by atoms with Gasteiger partial charge in [0.15, 0.2) is 0 Å². The van der Waals surface area contributed by atoms with Crippen LogP contribution in [0.15, 0.2) is 0 Å². The summed E-state index contributed by atoms with van der Waals surface area (Å²) in [7, 11) is 1.67. The van der Waals surface area contributed by atoms with Crippen molar-refractivity contribution in [1.29, 1.82) is 0 Å². The SMILES string of the molecule is CNC(=O)C(C)NC1CCC(C)NC1. The number of piperidine rings is 1. The van der Waals surface area contributed by atoms with Crippen molar-refractivity contribution in [3.05, 3.63) is 0 Å². The maximum atomic E-state index is 11.3. The fourth-order valence-electron chi connectivity index (χ4n) is 1.79. The molecular weight excluding hydrogens is 178 g/mol. The molecule has 0 bridgehead atoms. The van der Waals surface area contributed by atoms with Crippen molar-refractivity contribution in [3.8, 4) is 0 Å². The Labute approximate surface area is 85.8 Å². The van der Waals surface area contributed by atoms with E-state index in [1.807, 2.05) is 6.92 Å². The third-order valence-electron chi connectivity index (χ3n) is 2.79. The summed E-state index contributed by atoms with van der Waals surface area (Å²) >= 11 is 0. The molecule has 1 amide bonds. The summed E-state index contributed by atoms with van der Waals surface area (Å²) in [5.74, 6) is 0.0589. The minimum Gasteiger partial charge on any atom is -0.358 e. The van der Waals surface area contributed by atoms with Crippen LogP contribution < -0.4 is 16.0 Å². The highest BCUT2D eigenvalue weighted by atomic mass is 16.2. The Morgan fingerprint density at radius 1 is 1.50 bits per heavy atom. The van der Waals surface area contributed by atoms with Crippen molar-refractivity contribution in [2.24, 2.45) is 0 Å². The predicted molar refractivity (Wildman–Crippen MR) is 57.2 cm³/mol. The van der Waals surface area contributed by atoms with Gasteiger partial charge in [-0.25, -0.2) is 0 Å². The predicted octanol–water partition coefficient (Wildman–Crippen LogP) is -0.149. The van der Waals surface area contributed by atoms with Crippen LogP contribution in [-0.4, -0.2) is 37.6 Å². The van der Waals surface area contributed by atoms with Gasteiger partial charge in [0.1, 0.15) is 0 Å². The lowest BCUT2D eigenvalue weighted by atomic mass is 10.0. The van der Waals surface area contributed by atoms with Crippen molar-refractivity contribution in [2.75, 3.05) is 13.6 Å². The average molecular weight is 199 g/mol. The highest BCUT2D eigenvalue weighted by molar-refractivity contribution is 5.80. The van der Waals surface area contributed by atoms with Gasteiger partial charge < -0.3 is 16.0 Å². The lowest BCUT2D eigenvalue weighted by molar-refractivity contribution is -0.122. The van der Waals surface area contributed by atoms with E-state index >= 15 is 0 Å². The molecule has 0 aromatic rings. The lowest BCUT2D eigenvalue weighted by Gasteiger charge is -2.30. The average Bonchev–Trinajstić information content (AvgIpc) is 2.20. The highest BCUT2D eigenvalue weighted by Crippen LogP contribution is 2.07. The molecule has 0 aromatic carbocycles. The molecule has 82 valence electrons. The van der Waals surface area contributed by atoms with E-state index in [2.05, 4.69) is 22.9 Å². The fraction of sp³-hybridized carbons (Fsp3) is 0.900. The standard InChI is InChI=1S/C10H21N3O/c1-7-4-5-9(6-12-7)13-8(2)10(14)11-3/h7-9,12-13H,4-6H2,1-3H3,(H,11,14). The number of rotatable bonds is 3. The molecule has 0 aromatic heterocycles. The summed E-state index contributed by atoms with van der Waals surface area (Å²) in [5.41, 5.74) is 0. The van der Waals surface area contributed by atoms with Crippen LogP contribution >= 0.6 is 0 Å². The summed E-state index contributed by atoms with van der Waals surface area (Å²) in [6.07, 6.45) is 2.33. The van der Waals surface area contributed by atoms with Gasteiger partial charge in [-0.3, -0.25) is 4.79 Å². The number of carbonyl (C=O) groups is 1. The summed E-state index contributed by atoms with van der Waals surface area (Å²) in [6.45, 7) is 5.05. The fourth-order valence-corrected chi connectivity index (χ4v) is 1.79. The second-order valence-electron chi connectivity index (χ2n) is 4.09. The number of amides is 1. The Balaban J connectivity index is 2.27. The van der Waals surface area contributed by atoms with Gasteiger partial charge in [-0.15, -0.1) is 0 Å². The largest absolute Gasteiger partial charge is 0.358 e. The summed E-state index contributed by atoms with van der Waals surface area (Å²) in [4.78, 5) is 11.3. The first-order chi connectivity index (χ1) is 6.63. The zero-order valence-corrected chi connectivity index (χ0v) is 9.26. The quantitative estimate of drug-likeness (QED) is 0.592. The molecule has 0 radical (unpaired) electrons. The Morgan fingerprint density at radius 3 is 2.71 bits per heavy atom. The molecule has 1 fully saturated rings. The minimum atomic E-state index is -0.0970. The van der Waals surface area contributed by atoms with E-state index in [1.54, 1.807) is 7.05 Å². The molecule has 3 N–H and O–H groups in total. The normalized spacial score (nSPS) is 29.6. The summed E-state index contributed by atoms with van der Waals surface area (Å²) in [5, 5.41) is 9.36. The Kier molecular flexibility index (Phi) is 4.35. The molecule has 1 rings (SSSR count). The third-order valence-corrected chi connectivity index (χ3v) is 2.79. The maximum absolute atomic E-state index is 11.3. The van der Waals surface area contributed by atoms with E-state index in [9.17, 15) is 4.79 Å². The molecule has 4 nitrogen and oxygen atoms in total. The van der Waals surface area contributed by atoms with Crippen molar-refractivity contribution in [1.82, 2.24) is 16.0 Å². The van der Waals surface area contributed by atoms with E-state index in [0.29, 0.717) is 12.1 Å². The van der Waals surface area contributed by atoms with Crippen LogP contribution in [0.4, 0.5) is 0 Å². The molecular formula is C10H21N3O. The first-order valence-electron chi connectivity index (χ1n) is 5.34. The topological polar surface area (TPSA) is 53.2 Å². The van der Waals surface area contributed by atoms with Crippen LogP contribution in [0.1, 0.15) is 26.7 Å². The second kappa shape index (κ2) is 5.32. The first kappa shape index (κ1) is 11.5. The molecule has 1 aliphatic rings. The molecule has 14 heavy (non-hydrogen) atoms. The molecule has 1 aliphatic heterocycles. The van der Waals surface area contributed by atoms with E-state index in [4.69, 9.17) is 0 Å². The smallest absolute Gasteiger partial charge is 0.236 e. The molecule has 0 saturated carbocycles. The van der Waals surface area contributed by atoms with Gasteiger partial charge in [0, 0.05) is 25.7 Å². The molecule has 3 atom stereocenters. The molecule has 0 spiro atoms. The Morgan fingerprint density at radius 2 is 2.21 bits per heavy atom. The van der Waals surface area contributed by atoms with Gasteiger partial charge in [0.25, 0.3) is 0 Å². The van der Waals surface area contributed by atoms with Crippen molar-refractivity contribution < 1.29 is 4.79 Å². The summed E-state index contributed by atoms with van der Waals surface area (Å²) in [6, 6.07) is 0.946. The Bertz CT molecular complexity index is 188. The molecule has 1 saturated heterocycles. The molecule has 1 heterocycles.